The molecule has 1 aliphatic heterocycles. The van der Waals surface area contributed by atoms with Crippen LogP contribution in [0.25, 0.3) is 0 Å². The molecule has 1 saturated carbocycles. The second kappa shape index (κ2) is 5.54. The normalized spacial score (nSPS) is 26.6. The van der Waals surface area contributed by atoms with E-state index in [4.69, 9.17) is 0 Å². The predicted molar refractivity (Wildman–Crippen MR) is 74.7 cm³/mol. The van der Waals surface area contributed by atoms with Crippen molar-refractivity contribution < 1.29 is 14.4 Å². The highest BCUT2D eigenvalue weighted by molar-refractivity contribution is 6.07. The third-order valence-electron chi connectivity index (χ3n) is 4.60. The van der Waals surface area contributed by atoms with E-state index in [0.29, 0.717) is 0 Å². The third-order valence-corrected chi connectivity index (χ3v) is 4.60. The molecule has 0 aromatic rings. The Hall–Kier alpha value is -1.39. The van der Waals surface area contributed by atoms with Gasteiger partial charge in [0.05, 0.1) is 11.8 Å². The molecule has 20 heavy (non-hydrogen) atoms. The van der Waals surface area contributed by atoms with Gasteiger partial charge in [-0.2, -0.15) is 0 Å². The summed E-state index contributed by atoms with van der Waals surface area (Å²) >= 11 is 0. The van der Waals surface area contributed by atoms with Crippen molar-refractivity contribution in [2.24, 2.45) is 11.8 Å². The fourth-order valence-corrected chi connectivity index (χ4v) is 3.04. The molecule has 3 amide bonds. The van der Waals surface area contributed by atoms with Gasteiger partial charge >= 0.3 is 0 Å². The van der Waals surface area contributed by atoms with Crippen LogP contribution in [0.15, 0.2) is 0 Å². The molecule has 5 heteroatoms. The van der Waals surface area contributed by atoms with E-state index in [9.17, 15) is 14.4 Å². The molecule has 1 aliphatic carbocycles. The van der Waals surface area contributed by atoms with Crippen molar-refractivity contribution in [2.75, 3.05) is 6.54 Å². The van der Waals surface area contributed by atoms with E-state index >= 15 is 0 Å². The van der Waals surface area contributed by atoms with E-state index in [2.05, 4.69) is 5.32 Å². The van der Waals surface area contributed by atoms with Crippen LogP contribution in [0.2, 0.25) is 0 Å². The highest BCUT2D eigenvalue weighted by Crippen LogP contribution is 2.37. The van der Waals surface area contributed by atoms with E-state index in [1.54, 1.807) is 0 Å². The summed E-state index contributed by atoms with van der Waals surface area (Å²) in [5.41, 5.74) is -0.310. The first-order valence-electron chi connectivity index (χ1n) is 7.52. The maximum Gasteiger partial charge on any atom is 0.240 e. The average Bonchev–Trinajstić information content (AvgIpc) is 2.64. The fraction of sp³-hybridized carbons (Fsp3) is 0.800. The summed E-state index contributed by atoms with van der Waals surface area (Å²) < 4.78 is 0. The number of nitrogens with one attached hydrogen (secondary N) is 1. The molecule has 2 rings (SSSR count). The van der Waals surface area contributed by atoms with Crippen molar-refractivity contribution in [3.63, 3.8) is 0 Å². The Balaban J connectivity index is 2.01. The number of imide groups is 1. The molecule has 0 spiro atoms. The summed E-state index contributed by atoms with van der Waals surface area (Å²) in [5.74, 6) is -0.906. The van der Waals surface area contributed by atoms with Gasteiger partial charge in [0.2, 0.25) is 17.7 Å². The highest BCUT2D eigenvalue weighted by Gasteiger charge is 2.48. The molecular weight excluding hydrogens is 256 g/mol. The lowest BCUT2D eigenvalue weighted by atomic mass is 9.81. The third kappa shape index (κ3) is 2.86. The van der Waals surface area contributed by atoms with Crippen LogP contribution in [0.5, 0.6) is 0 Å². The number of fused-ring (bicyclic) bond motifs is 1. The first kappa shape index (κ1) is 15.0. The Morgan fingerprint density at radius 3 is 2.15 bits per heavy atom. The Labute approximate surface area is 120 Å². The second-order valence-corrected chi connectivity index (χ2v) is 6.55. The summed E-state index contributed by atoms with van der Waals surface area (Å²) in [6.45, 7) is 5.71. The van der Waals surface area contributed by atoms with E-state index < -0.39 is 0 Å². The van der Waals surface area contributed by atoms with Gasteiger partial charge in [0.15, 0.2) is 0 Å². The molecule has 2 aliphatic rings. The van der Waals surface area contributed by atoms with Crippen LogP contribution in [-0.2, 0) is 14.4 Å². The standard InChI is InChI=1S/C15H24N2O3/c1-4-15(2,3)16-12(18)9-17-13(19)10-7-5-6-8-11(10)14(17)20/h10-11H,4-9H2,1-3H3,(H,16,18). The number of hydrogen-bond donors (Lipinski definition) is 1. The monoisotopic (exact) mass is 280 g/mol. The van der Waals surface area contributed by atoms with Crippen molar-refractivity contribution in [3.05, 3.63) is 0 Å². The first-order valence-corrected chi connectivity index (χ1v) is 7.52. The maximum absolute atomic E-state index is 12.2. The molecule has 2 unspecified atom stereocenters. The van der Waals surface area contributed by atoms with Crippen LogP contribution < -0.4 is 5.32 Å². The van der Waals surface area contributed by atoms with Crippen molar-refractivity contribution in [1.29, 1.82) is 0 Å². The van der Waals surface area contributed by atoms with Crippen molar-refractivity contribution in [2.45, 2.75) is 58.4 Å². The van der Waals surface area contributed by atoms with Gasteiger partial charge in [0.25, 0.3) is 0 Å². The number of rotatable bonds is 4. The average molecular weight is 280 g/mol. The highest BCUT2D eigenvalue weighted by atomic mass is 16.2. The SMILES string of the molecule is CCC(C)(C)NC(=O)CN1C(=O)C2CCCCC2C1=O. The van der Waals surface area contributed by atoms with Crippen LogP contribution in [0, 0.1) is 11.8 Å². The number of likely N-dealkylation sites (tertiary alicyclic amines) is 1. The topological polar surface area (TPSA) is 66.5 Å². The molecule has 2 fully saturated rings. The van der Waals surface area contributed by atoms with E-state index in [0.717, 1.165) is 32.1 Å². The summed E-state index contributed by atoms with van der Waals surface area (Å²) in [6.07, 6.45) is 4.37. The van der Waals surface area contributed by atoms with Gasteiger partial charge < -0.3 is 5.32 Å². The minimum Gasteiger partial charge on any atom is -0.350 e. The van der Waals surface area contributed by atoms with Gasteiger partial charge in [-0.15, -0.1) is 0 Å². The van der Waals surface area contributed by atoms with Gasteiger partial charge in [-0.25, -0.2) is 0 Å². The van der Waals surface area contributed by atoms with E-state index in [1.807, 2.05) is 20.8 Å². The predicted octanol–water partition coefficient (Wildman–Crippen LogP) is 1.47. The number of carbonyl (C=O) groups is 3. The zero-order valence-electron chi connectivity index (χ0n) is 12.6. The lowest BCUT2D eigenvalue weighted by Gasteiger charge is -2.25. The lowest BCUT2D eigenvalue weighted by Crippen LogP contribution is -2.48. The summed E-state index contributed by atoms with van der Waals surface area (Å²) in [7, 11) is 0. The van der Waals surface area contributed by atoms with Crippen LogP contribution >= 0.6 is 0 Å². The smallest absolute Gasteiger partial charge is 0.240 e. The van der Waals surface area contributed by atoms with Gasteiger partial charge in [-0.05, 0) is 33.1 Å². The molecule has 112 valence electrons. The minimum atomic E-state index is -0.310. The molecule has 0 aromatic heterocycles. The summed E-state index contributed by atoms with van der Waals surface area (Å²) in [5, 5.41) is 2.87. The number of hydrogen-bond acceptors (Lipinski definition) is 3. The van der Waals surface area contributed by atoms with Gasteiger partial charge in [0.1, 0.15) is 6.54 Å². The molecule has 2 atom stereocenters. The molecule has 0 bridgehead atoms. The Morgan fingerprint density at radius 2 is 1.70 bits per heavy atom. The summed E-state index contributed by atoms with van der Waals surface area (Å²) in [4.78, 5) is 37.7. The number of nitrogens with zero attached hydrogens (tertiary/aromatic N) is 1. The minimum absolute atomic E-state index is 0.131. The zero-order chi connectivity index (χ0) is 14.9. The number of amides is 3. The summed E-state index contributed by atoms with van der Waals surface area (Å²) in [6, 6.07) is 0. The molecule has 0 radical (unpaired) electrons. The molecule has 1 heterocycles. The Kier molecular flexibility index (Phi) is 4.16. The first-order chi connectivity index (χ1) is 9.35. The maximum atomic E-state index is 12.2. The molecule has 5 nitrogen and oxygen atoms in total. The number of carbonyl (C=O) groups excluding carboxylic acids is 3. The van der Waals surface area contributed by atoms with E-state index in [-0.39, 0.29) is 41.6 Å². The second-order valence-electron chi connectivity index (χ2n) is 6.55. The zero-order valence-corrected chi connectivity index (χ0v) is 12.6. The van der Waals surface area contributed by atoms with Crippen molar-refractivity contribution in [3.8, 4) is 0 Å². The largest absolute Gasteiger partial charge is 0.350 e. The fourth-order valence-electron chi connectivity index (χ4n) is 3.04. The van der Waals surface area contributed by atoms with E-state index in [1.165, 1.54) is 4.90 Å². The lowest BCUT2D eigenvalue weighted by molar-refractivity contribution is -0.144. The Morgan fingerprint density at radius 1 is 1.20 bits per heavy atom. The van der Waals surface area contributed by atoms with Gasteiger partial charge in [-0.3, -0.25) is 19.3 Å². The molecule has 0 aromatic carbocycles. The van der Waals surface area contributed by atoms with Crippen LogP contribution in [0.3, 0.4) is 0 Å². The van der Waals surface area contributed by atoms with Crippen LogP contribution in [0.1, 0.15) is 52.9 Å². The molecule has 1 N–H and O–H groups in total. The Bertz CT molecular complexity index is 407. The van der Waals surface area contributed by atoms with Crippen molar-refractivity contribution >= 4 is 17.7 Å². The molecule has 1 saturated heterocycles. The van der Waals surface area contributed by atoms with Gasteiger partial charge in [-0.1, -0.05) is 19.8 Å². The van der Waals surface area contributed by atoms with Crippen LogP contribution in [0.4, 0.5) is 0 Å². The quantitative estimate of drug-likeness (QED) is 0.793. The van der Waals surface area contributed by atoms with Crippen LogP contribution in [-0.4, -0.2) is 34.7 Å². The van der Waals surface area contributed by atoms with Gasteiger partial charge in [0, 0.05) is 5.54 Å². The van der Waals surface area contributed by atoms with Crippen molar-refractivity contribution in [1.82, 2.24) is 10.2 Å². The molecular formula is C15H24N2O3.